The van der Waals surface area contributed by atoms with Crippen LogP contribution in [0.15, 0.2) is 65.6 Å². The lowest BCUT2D eigenvalue weighted by molar-refractivity contribution is -0.127. The highest BCUT2D eigenvalue weighted by molar-refractivity contribution is 8.18. The number of nitrogens with one attached hydrogen (secondary N) is 1. The molecule has 4 rings (SSSR count). The van der Waals surface area contributed by atoms with Crippen LogP contribution in [0, 0.1) is 5.82 Å². The molecule has 0 bridgehead atoms. The maximum Gasteiger partial charge on any atom is 0.294 e. The van der Waals surface area contributed by atoms with Crippen LogP contribution in [0.25, 0.3) is 6.08 Å². The summed E-state index contributed by atoms with van der Waals surface area (Å²) in [5, 5.41) is 2.81. The average molecular weight is 575 g/mol. The van der Waals surface area contributed by atoms with Gasteiger partial charge in [-0.1, -0.05) is 35.3 Å². The third kappa shape index (κ3) is 6.86. The maximum atomic E-state index is 13.1. The molecule has 3 amide bonds. The summed E-state index contributed by atoms with van der Waals surface area (Å²) in [6, 6.07) is 15.6. The zero-order chi connectivity index (χ0) is 27.2. The first-order chi connectivity index (χ1) is 18.2. The Bertz CT molecular complexity index is 1400. The van der Waals surface area contributed by atoms with Crippen LogP contribution >= 0.6 is 35.0 Å². The van der Waals surface area contributed by atoms with Gasteiger partial charge >= 0.3 is 0 Å². The van der Waals surface area contributed by atoms with Crippen molar-refractivity contribution in [2.45, 2.75) is 13.5 Å². The largest absolute Gasteiger partial charge is 0.490 e. The van der Waals surface area contributed by atoms with E-state index in [1.54, 1.807) is 24.3 Å². The highest BCUT2D eigenvalue weighted by Crippen LogP contribution is 2.39. The van der Waals surface area contributed by atoms with Crippen LogP contribution in [0.2, 0.25) is 10.0 Å². The van der Waals surface area contributed by atoms with Gasteiger partial charge in [0.05, 0.1) is 16.5 Å². The fraction of sp³-hybridized carbons (Fsp3) is 0.148. The number of carbonyl (C=O) groups excluding carboxylic acids is 3. The van der Waals surface area contributed by atoms with Gasteiger partial charge in [0.25, 0.3) is 11.1 Å². The van der Waals surface area contributed by atoms with Gasteiger partial charge in [0.1, 0.15) is 19.0 Å². The fourth-order valence-electron chi connectivity index (χ4n) is 3.48. The molecule has 0 spiro atoms. The molecule has 1 saturated heterocycles. The third-order valence-electron chi connectivity index (χ3n) is 5.23. The molecule has 0 atom stereocenters. The first-order valence-corrected chi connectivity index (χ1v) is 12.9. The molecule has 1 aliphatic rings. The Morgan fingerprint density at radius 3 is 2.45 bits per heavy atom. The topological polar surface area (TPSA) is 84.9 Å². The number of carbonyl (C=O) groups is 3. The molecule has 0 aliphatic carbocycles. The molecule has 0 radical (unpaired) electrons. The van der Waals surface area contributed by atoms with E-state index in [1.165, 1.54) is 30.3 Å². The second-order valence-electron chi connectivity index (χ2n) is 8.00. The van der Waals surface area contributed by atoms with E-state index in [-0.39, 0.29) is 16.5 Å². The standard InChI is InChI=1S/C27H21Cl2FN2O5S/c1-2-36-22-12-17(11-21(29)25(22)37-15-16-3-5-18(28)6-4-16)13-23-26(34)32(27(35)38-23)14-24(33)31-20-9-7-19(30)8-10-20/h3-13H,2,14-15H2,1H3,(H,31,33)/b23-13-. The first kappa shape index (κ1) is 27.5. The van der Waals surface area contributed by atoms with Crippen molar-refractivity contribution in [1.82, 2.24) is 4.90 Å². The molecule has 1 fully saturated rings. The lowest BCUT2D eigenvalue weighted by Gasteiger charge is -2.15. The minimum atomic E-state index is -0.619. The SMILES string of the molecule is CCOc1cc(/C=C2\SC(=O)N(CC(=O)Nc3ccc(F)cc3)C2=O)cc(Cl)c1OCc1ccc(Cl)cc1. The van der Waals surface area contributed by atoms with Gasteiger partial charge in [-0.25, -0.2) is 4.39 Å². The number of ether oxygens (including phenoxy) is 2. The quantitative estimate of drug-likeness (QED) is 0.283. The molecule has 3 aromatic carbocycles. The second kappa shape index (κ2) is 12.3. The van der Waals surface area contributed by atoms with Crippen molar-refractivity contribution < 1.29 is 28.2 Å². The Kier molecular flexibility index (Phi) is 8.93. The van der Waals surface area contributed by atoms with Crippen molar-refractivity contribution in [2.24, 2.45) is 0 Å². The number of nitrogens with zero attached hydrogens (tertiary/aromatic N) is 1. The number of amides is 3. The summed E-state index contributed by atoms with van der Waals surface area (Å²) >= 11 is 13.1. The van der Waals surface area contributed by atoms with Crippen molar-refractivity contribution in [3.8, 4) is 11.5 Å². The molecule has 7 nitrogen and oxygen atoms in total. The number of thioether (sulfide) groups is 1. The molecule has 3 aromatic rings. The van der Waals surface area contributed by atoms with Gasteiger partial charge in [0, 0.05) is 10.7 Å². The van der Waals surface area contributed by atoms with E-state index < -0.39 is 29.4 Å². The zero-order valence-corrected chi connectivity index (χ0v) is 22.3. The molecular weight excluding hydrogens is 554 g/mol. The van der Waals surface area contributed by atoms with Gasteiger partial charge in [-0.05, 0) is 84.4 Å². The maximum absolute atomic E-state index is 13.1. The van der Waals surface area contributed by atoms with E-state index in [1.807, 2.05) is 19.1 Å². The van der Waals surface area contributed by atoms with E-state index in [2.05, 4.69) is 5.32 Å². The number of anilines is 1. The van der Waals surface area contributed by atoms with E-state index in [9.17, 15) is 18.8 Å². The summed E-state index contributed by atoms with van der Waals surface area (Å²) in [6.07, 6.45) is 1.50. The molecule has 1 heterocycles. The number of imide groups is 1. The number of hydrogen-bond donors (Lipinski definition) is 1. The molecular formula is C27H21Cl2FN2O5S. The molecule has 1 N–H and O–H groups in total. The van der Waals surface area contributed by atoms with Crippen LogP contribution < -0.4 is 14.8 Å². The van der Waals surface area contributed by atoms with Gasteiger partial charge in [0.2, 0.25) is 5.91 Å². The molecule has 0 saturated carbocycles. The Labute approximate surface area is 232 Å². The van der Waals surface area contributed by atoms with Crippen LogP contribution in [0.1, 0.15) is 18.1 Å². The summed E-state index contributed by atoms with van der Waals surface area (Å²) in [4.78, 5) is 38.7. The predicted octanol–water partition coefficient (Wildman–Crippen LogP) is 6.79. The zero-order valence-electron chi connectivity index (χ0n) is 20.0. The van der Waals surface area contributed by atoms with Crippen molar-refractivity contribution in [3.05, 3.63) is 92.6 Å². The monoisotopic (exact) mass is 574 g/mol. The minimum absolute atomic E-state index is 0.123. The van der Waals surface area contributed by atoms with Crippen LogP contribution in [-0.4, -0.2) is 35.1 Å². The molecule has 196 valence electrons. The fourth-order valence-corrected chi connectivity index (χ4v) is 4.71. The predicted molar refractivity (Wildman–Crippen MR) is 146 cm³/mol. The van der Waals surface area contributed by atoms with Crippen molar-refractivity contribution in [2.75, 3.05) is 18.5 Å². The Morgan fingerprint density at radius 1 is 1.05 bits per heavy atom. The number of halogens is 3. The average Bonchev–Trinajstić information content (AvgIpc) is 3.13. The van der Waals surface area contributed by atoms with Gasteiger partial charge in [-0.3, -0.25) is 19.3 Å². The van der Waals surface area contributed by atoms with Gasteiger partial charge in [-0.2, -0.15) is 0 Å². The van der Waals surface area contributed by atoms with Crippen LogP contribution in [0.5, 0.6) is 11.5 Å². The summed E-state index contributed by atoms with van der Waals surface area (Å²) in [5.74, 6) is -0.951. The van der Waals surface area contributed by atoms with Gasteiger partial charge < -0.3 is 14.8 Å². The second-order valence-corrected chi connectivity index (χ2v) is 9.84. The van der Waals surface area contributed by atoms with E-state index in [0.29, 0.717) is 46.1 Å². The smallest absolute Gasteiger partial charge is 0.294 e. The lowest BCUT2D eigenvalue weighted by Crippen LogP contribution is -2.36. The highest BCUT2D eigenvalue weighted by Gasteiger charge is 2.36. The Morgan fingerprint density at radius 2 is 1.76 bits per heavy atom. The lowest BCUT2D eigenvalue weighted by atomic mass is 10.1. The van der Waals surface area contributed by atoms with Gasteiger partial charge in [0.15, 0.2) is 11.5 Å². The van der Waals surface area contributed by atoms with E-state index in [4.69, 9.17) is 32.7 Å². The number of hydrogen-bond acceptors (Lipinski definition) is 6. The number of benzene rings is 3. The van der Waals surface area contributed by atoms with Crippen molar-refractivity contribution >= 4 is 63.8 Å². The first-order valence-electron chi connectivity index (χ1n) is 11.4. The molecule has 0 unspecified atom stereocenters. The molecule has 0 aromatic heterocycles. The van der Waals surface area contributed by atoms with Crippen LogP contribution in [-0.2, 0) is 16.2 Å². The van der Waals surface area contributed by atoms with Gasteiger partial charge in [-0.15, -0.1) is 0 Å². The minimum Gasteiger partial charge on any atom is -0.490 e. The Hall–Kier alpha value is -3.53. The van der Waals surface area contributed by atoms with Crippen LogP contribution in [0.4, 0.5) is 14.9 Å². The normalized spacial score (nSPS) is 14.2. The van der Waals surface area contributed by atoms with E-state index in [0.717, 1.165) is 10.5 Å². The number of rotatable bonds is 9. The molecule has 1 aliphatic heterocycles. The van der Waals surface area contributed by atoms with Crippen molar-refractivity contribution in [3.63, 3.8) is 0 Å². The molecule has 38 heavy (non-hydrogen) atoms. The highest BCUT2D eigenvalue weighted by atomic mass is 35.5. The third-order valence-corrected chi connectivity index (χ3v) is 6.67. The van der Waals surface area contributed by atoms with Crippen LogP contribution in [0.3, 0.4) is 0 Å². The summed E-state index contributed by atoms with van der Waals surface area (Å²) in [5.41, 5.74) is 1.74. The van der Waals surface area contributed by atoms with Crippen molar-refractivity contribution in [1.29, 1.82) is 0 Å². The summed E-state index contributed by atoms with van der Waals surface area (Å²) < 4.78 is 24.7. The summed E-state index contributed by atoms with van der Waals surface area (Å²) in [7, 11) is 0. The molecule has 11 heteroatoms. The van der Waals surface area contributed by atoms with E-state index >= 15 is 0 Å². The Balaban J connectivity index is 1.48. The summed E-state index contributed by atoms with van der Waals surface area (Å²) in [6.45, 7) is 1.90.